The largest absolute Gasteiger partial charge is 0.490 e. The average molecular weight is 554 g/mol. The van der Waals surface area contributed by atoms with Gasteiger partial charge in [-0.15, -0.1) is 24.0 Å². The van der Waals surface area contributed by atoms with E-state index in [2.05, 4.69) is 20.4 Å². The van der Waals surface area contributed by atoms with Gasteiger partial charge in [0.1, 0.15) is 0 Å². The van der Waals surface area contributed by atoms with Crippen LogP contribution >= 0.6 is 24.0 Å². The molecule has 1 aromatic rings. The van der Waals surface area contributed by atoms with Gasteiger partial charge in [0.25, 0.3) is 0 Å². The van der Waals surface area contributed by atoms with Gasteiger partial charge in [-0.2, -0.15) is 22.0 Å². The number of benzene rings is 1. The minimum atomic E-state index is -4.23. The van der Waals surface area contributed by atoms with Crippen molar-refractivity contribution in [1.29, 1.82) is 0 Å². The molecule has 0 heterocycles. The van der Waals surface area contributed by atoms with Crippen LogP contribution in [0.3, 0.4) is 0 Å². The van der Waals surface area contributed by atoms with E-state index in [1.165, 1.54) is 25.1 Å². The Balaban J connectivity index is 0.00000841. The average Bonchev–Trinajstić information content (AvgIpc) is 2.61. The lowest BCUT2D eigenvalue weighted by molar-refractivity contribution is -0.143. The summed E-state index contributed by atoms with van der Waals surface area (Å²) in [5.41, 5.74) is 0.448. The van der Waals surface area contributed by atoms with Crippen molar-refractivity contribution in [3.05, 3.63) is 23.8 Å². The molecule has 0 aromatic heterocycles. The maximum Gasteiger partial charge on any atom is 0.401 e. The highest BCUT2D eigenvalue weighted by atomic mass is 127. The van der Waals surface area contributed by atoms with Crippen molar-refractivity contribution in [2.24, 2.45) is 4.99 Å². The van der Waals surface area contributed by atoms with Crippen molar-refractivity contribution >= 4 is 29.9 Å². The highest BCUT2D eigenvalue weighted by molar-refractivity contribution is 14.0. The molecule has 0 saturated heterocycles. The van der Waals surface area contributed by atoms with Crippen molar-refractivity contribution in [1.82, 2.24) is 15.5 Å². The van der Waals surface area contributed by atoms with Gasteiger partial charge in [0.2, 0.25) is 0 Å². The molecule has 6 nitrogen and oxygen atoms in total. The number of rotatable bonds is 11. The summed E-state index contributed by atoms with van der Waals surface area (Å²) in [6.45, 7) is -1.16. The van der Waals surface area contributed by atoms with Crippen molar-refractivity contribution < 1.29 is 31.4 Å². The van der Waals surface area contributed by atoms with Crippen LogP contribution in [0.4, 0.5) is 22.0 Å². The Morgan fingerprint density at radius 1 is 1.23 bits per heavy atom. The van der Waals surface area contributed by atoms with E-state index in [0.717, 1.165) is 0 Å². The van der Waals surface area contributed by atoms with Gasteiger partial charge in [0, 0.05) is 25.7 Å². The lowest BCUT2D eigenvalue weighted by Crippen LogP contribution is -2.39. The van der Waals surface area contributed by atoms with Gasteiger partial charge >= 0.3 is 12.8 Å². The predicted octanol–water partition coefficient (Wildman–Crippen LogP) is 3.85. The van der Waals surface area contributed by atoms with E-state index in [4.69, 9.17) is 4.74 Å². The van der Waals surface area contributed by atoms with Crippen LogP contribution in [0.25, 0.3) is 0 Å². The van der Waals surface area contributed by atoms with Gasteiger partial charge in [-0.3, -0.25) is 9.89 Å². The molecule has 0 atom stereocenters. The molecule has 0 aliphatic carbocycles. The molecule has 0 amide bonds. The maximum atomic E-state index is 12.8. The van der Waals surface area contributed by atoms with Gasteiger partial charge in [-0.05, 0) is 33.0 Å². The van der Waals surface area contributed by atoms with Crippen molar-refractivity contribution in [2.45, 2.75) is 32.7 Å². The third-order valence-corrected chi connectivity index (χ3v) is 3.70. The summed E-state index contributed by atoms with van der Waals surface area (Å²) in [4.78, 5) is 5.19. The van der Waals surface area contributed by atoms with Crippen LogP contribution in [-0.4, -0.2) is 64.0 Å². The standard InChI is InChI=1S/C18H27F5N4O2.HI/c1-4-28-14-8-5-7-13(15(14)29-16(19)20)11-26-17(24-2)25-9-6-10-27(3)12-18(21,22)23;/h5,7-8,16H,4,6,9-12H2,1-3H3,(H2,24,25,26);1H. The molecule has 0 saturated carbocycles. The highest BCUT2D eigenvalue weighted by Gasteiger charge is 2.28. The molecule has 1 aromatic carbocycles. The molecule has 12 heteroatoms. The number of halogens is 6. The number of alkyl halides is 5. The summed E-state index contributed by atoms with van der Waals surface area (Å²) in [5, 5.41) is 5.93. The van der Waals surface area contributed by atoms with Gasteiger partial charge in [0.15, 0.2) is 17.5 Å². The van der Waals surface area contributed by atoms with Crippen LogP contribution in [0.2, 0.25) is 0 Å². The zero-order valence-corrected chi connectivity index (χ0v) is 19.4. The van der Waals surface area contributed by atoms with Gasteiger partial charge in [-0.1, -0.05) is 12.1 Å². The van der Waals surface area contributed by atoms with E-state index >= 15 is 0 Å². The molecular weight excluding hydrogens is 526 g/mol. The van der Waals surface area contributed by atoms with Crippen LogP contribution in [-0.2, 0) is 6.54 Å². The first-order valence-corrected chi connectivity index (χ1v) is 9.05. The topological polar surface area (TPSA) is 58.1 Å². The second-order valence-electron chi connectivity index (χ2n) is 6.11. The minimum absolute atomic E-state index is 0. The summed E-state index contributed by atoms with van der Waals surface area (Å²) in [5.74, 6) is 0.539. The highest BCUT2D eigenvalue weighted by Crippen LogP contribution is 2.32. The van der Waals surface area contributed by atoms with Crippen LogP contribution in [0.15, 0.2) is 23.2 Å². The fraction of sp³-hybridized carbons (Fsp3) is 0.611. The van der Waals surface area contributed by atoms with Gasteiger partial charge < -0.3 is 20.1 Å². The third-order valence-electron chi connectivity index (χ3n) is 3.70. The van der Waals surface area contributed by atoms with E-state index in [9.17, 15) is 22.0 Å². The maximum absolute atomic E-state index is 12.8. The second kappa shape index (κ2) is 14.4. The summed E-state index contributed by atoms with van der Waals surface area (Å²) in [6.07, 6.45) is -3.76. The van der Waals surface area contributed by atoms with Crippen LogP contribution in [0.5, 0.6) is 11.5 Å². The molecule has 0 unspecified atom stereocenters. The number of nitrogens with zero attached hydrogens (tertiary/aromatic N) is 2. The van der Waals surface area contributed by atoms with Crippen LogP contribution < -0.4 is 20.1 Å². The molecule has 0 radical (unpaired) electrons. The number of hydrogen-bond acceptors (Lipinski definition) is 4. The molecule has 0 aliphatic rings. The first kappa shape index (κ1) is 28.4. The molecule has 30 heavy (non-hydrogen) atoms. The Morgan fingerprint density at radius 2 is 1.93 bits per heavy atom. The van der Waals surface area contributed by atoms with Crippen molar-refractivity contribution in [2.75, 3.05) is 40.3 Å². The van der Waals surface area contributed by atoms with Crippen molar-refractivity contribution in [3.8, 4) is 11.5 Å². The van der Waals surface area contributed by atoms with Gasteiger partial charge in [0.05, 0.1) is 13.2 Å². The summed E-state index contributed by atoms with van der Waals surface area (Å²) >= 11 is 0. The van der Waals surface area contributed by atoms with E-state index < -0.39 is 19.3 Å². The zero-order valence-electron chi connectivity index (χ0n) is 17.1. The summed E-state index contributed by atoms with van der Waals surface area (Å²) in [6, 6.07) is 4.81. The van der Waals surface area contributed by atoms with E-state index in [0.29, 0.717) is 31.1 Å². The number of guanidine groups is 1. The molecule has 0 aliphatic heterocycles. The first-order valence-electron chi connectivity index (χ1n) is 9.05. The third kappa shape index (κ3) is 11.6. The SMILES string of the molecule is CCOc1cccc(CNC(=NC)NCCCN(C)CC(F)(F)F)c1OC(F)F.I. The Hall–Kier alpha value is -1.57. The minimum Gasteiger partial charge on any atom is -0.490 e. The van der Waals surface area contributed by atoms with Crippen LogP contribution in [0.1, 0.15) is 18.9 Å². The monoisotopic (exact) mass is 554 g/mol. The molecule has 1 rings (SSSR count). The number of aliphatic imine (C=N–C) groups is 1. The summed E-state index contributed by atoms with van der Waals surface area (Å²) < 4.78 is 72.3. The van der Waals surface area contributed by atoms with E-state index in [-0.39, 0.29) is 48.6 Å². The zero-order chi connectivity index (χ0) is 21.9. The molecule has 0 fully saturated rings. The molecule has 0 bridgehead atoms. The Morgan fingerprint density at radius 3 is 2.50 bits per heavy atom. The lowest BCUT2D eigenvalue weighted by Gasteiger charge is -2.19. The lowest BCUT2D eigenvalue weighted by atomic mass is 10.2. The number of para-hydroxylation sites is 1. The number of ether oxygens (including phenoxy) is 2. The van der Waals surface area contributed by atoms with Gasteiger partial charge in [-0.25, -0.2) is 0 Å². The predicted molar refractivity (Wildman–Crippen MR) is 116 cm³/mol. The fourth-order valence-corrected chi connectivity index (χ4v) is 2.53. The van der Waals surface area contributed by atoms with Crippen molar-refractivity contribution in [3.63, 3.8) is 0 Å². The Bertz CT molecular complexity index is 647. The first-order chi connectivity index (χ1) is 13.7. The van der Waals surface area contributed by atoms with E-state index in [1.54, 1.807) is 19.1 Å². The quantitative estimate of drug-likeness (QED) is 0.143. The normalized spacial score (nSPS) is 12.0. The van der Waals surface area contributed by atoms with E-state index in [1.807, 2.05) is 0 Å². The fourth-order valence-electron chi connectivity index (χ4n) is 2.53. The number of nitrogens with one attached hydrogen (secondary N) is 2. The summed E-state index contributed by atoms with van der Waals surface area (Å²) in [7, 11) is 2.93. The smallest absolute Gasteiger partial charge is 0.401 e. The van der Waals surface area contributed by atoms with Crippen LogP contribution in [0, 0.1) is 0 Å². The second-order valence-corrected chi connectivity index (χ2v) is 6.11. The Kier molecular flexibility index (Phi) is 13.7. The number of hydrogen-bond donors (Lipinski definition) is 2. The molecule has 174 valence electrons. The Labute approximate surface area is 190 Å². The molecule has 0 spiro atoms. The molecule has 2 N–H and O–H groups in total. The molecular formula is C18H28F5IN4O2.